The summed E-state index contributed by atoms with van der Waals surface area (Å²) in [6.07, 6.45) is 0. The molecule has 102 valence electrons. The summed E-state index contributed by atoms with van der Waals surface area (Å²) in [6, 6.07) is 9.63. The average Bonchev–Trinajstić information content (AvgIpc) is 2.42. The number of hydrogen-bond donors (Lipinski definition) is 2. The highest BCUT2D eigenvalue weighted by molar-refractivity contribution is 5.79. The Morgan fingerprint density at radius 2 is 1.95 bits per heavy atom. The van der Waals surface area contributed by atoms with Gasteiger partial charge in [-0.3, -0.25) is 0 Å². The second kappa shape index (κ2) is 8.15. The van der Waals surface area contributed by atoms with Gasteiger partial charge in [-0.25, -0.2) is 4.99 Å². The zero-order chi connectivity index (χ0) is 14.1. The number of nitriles is 1. The summed E-state index contributed by atoms with van der Waals surface area (Å²) in [7, 11) is 0. The van der Waals surface area contributed by atoms with Crippen LogP contribution >= 0.6 is 0 Å². The van der Waals surface area contributed by atoms with Gasteiger partial charge in [-0.2, -0.15) is 5.26 Å². The van der Waals surface area contributed by atoms with Crippen LogP contribution in [0, 0.1) is 17.2 Å². The summed E-state index contributed by atoms with van der Waals surface area (Å²) >= 11 is 0. The SMILES string of the molecule is CCNC(=NCc1ccc(C#N)cc1)NCC(C)C. The molecule has 0 spiro atoms. The molecule has 0 radical (unpaired) electrons. The molecule has 0 amide bonds. The van der Waals surface area contributed by atoms with Crippen molar-refractivity contribution in [1.82, 2.24) is 10.6 Å². The van der Waals surface area contributed by atoms with Crippen LogP contribution in [0.4, 0.5) is 0 Å². The number of aliphatic imine (C=N–C) groups is 1. The highest BCUT2D eigenvalue weighted by Gasteiger charge is 1.99. The number of nitrogens with zero attached hydrogens (tertiary/aromatic N) is 2. The Balaban J connectivity index is 2.60. The third kappa shape index (κ3) is 5.91. The lowest BCUT2D eigenvalue weighted by Crippen LogP contribution is -2.39. The standard InChI is InChI=1S/C15H22N4/c1-4-17-15(18-10-12(2)3)19-11-14-7-5-13(9-16)6-8-14/h5-8,12H,4,10-11H2,1-3H3,(H2,17,18,19). The minimum Gasteiger partial charge on any atom is -0.357 e. The van der Waals surface area contributed by atoms with Gasteiger partial charge in [0, 0.05) is 13.1 Å². The van der Waals surface area contributed by atoms with E-state index in [1.165, 1.54) is 0 Å². The molecule has 1 aromatic carbocycles. The van der Waals surface area contributed by atoms with E-state index in [1.54, 1.807) is 0 Å². The maximum absolute atomic E-state index is 8.74. The van der Waals surface area contributed by atoms with Crippen molar-refractivity contribution in [3.63, 3.8) is 0 Å². The van der Waals surface area contributed by atoms with Crippen molar-refractivity contribution in [3.8, 4) is 6.07 Å². The molecule has 19 heavy (non-hydrogen) atoms. The molecule has 0 aliphatic heterocycles. The maximum atomic E-state index is 8.74. The van der Waals surface area contributed by atoms with Gasteiger partial charge in [0.2, 0.25) is 0 Å². The van der Waals surface area contributed by atoms with Crippen LogP contribution in [0.15, 0.2) is 29.3 Å². The van der Waals surface area contributed by atoms with E-state index >= 15 is 0 Å². The Morgan fingerprint density at radius 1 is 1.26 bits per heavy atom. The van der Waals surface area contributed by atoms with E-state index in [0.717, 1.165) is 24.6 Å². The van der Waals surface area contributed by atoms with Gasteiger partial charge in [-0.05, 0) is 30.5 Å². The van der Waals surface area contributed by atoms with Crippen LogP contribution in [-0.4, -0.2) is 19.0 Å². The molecule has 1 aromatic rings. The van der Waals surface area contributed by atoms with Crippen LogP contribution in [0.3, 0.4) is 0 Å². The zero-order valence-electron chi connectivity index (χ0n) is 11.9. The molecule has 2 N–H and O–H groups in total. The molecule has 0 saturated heterocycles. The highest BCUT2D eigenvalue weighted by Crippen LogP contribution is 2.04. The van der Waals surface area contributed by atoms with E-state index < -0.39 is 0 Å². The fourth-order valence-corrected chi connectivity index (χ4v) is 1.50. The summed E-state index contributed by atoms with van der Waals surface area (Å²) in [4.78, 5) is 4.52. The zero-order valence-corrected chi connectivity index (χ0v) is 11.9. The van der Waals surface area contributed by atoms with Crippen LogP contribution in [0.5, 0.6) is 0 Å². The van der Waals surface area contributed by atoms with Crippen molar-refractivity contribution < 1.29 is 0 Å². The summed E-state index contributed by atoms with van der Waals surface area (Å²) in [5.74, 6) is 1.42. The monoisotopic (exact) mass is 258 g/mol. The maximum Gasteiger partial charge on any atom is 0.191 e. The second-order valence-electron chi connectivity index (χ2n) is 4.78. The van der Waals surface area contributed by atoms with Crippen LogP contribution in [0.1, 0.15) is 31.9 Å². The molecule has 0 aliphatic carbocycles. The van der Waals surface area contributed by atoms with Gasteiger partial charge < -0.3 is 10.6 Å². The smallest absolute Gasteiger partial charge is 0.191 e. The molecule has 0 unspecified atom stereocenters. The molecule has 0 aliphatic rings. The lowest BCUT2D eigenvalue weighted by atomic mass is 10.1. The molecular weight excluding hydrogens is 236 g/mol. The lowest BCUT2D eigenvalue weighted by molar-refractivity contribution is 0.615. The van der Waals surface area contributed by atoms with E-state index in [4.69, 9.17) is 5.26 Å². The first kappa shape index (κ1) is 15.0. The predicted octanol–water partition coefficient (Wildman–Crippen LogP) is 2.27. The largest absolute Gasteiger partial charge is 0.357 e. The fourth-order valence-electron chi connectivity index (χ4n) is 1.50. The van der Waals surface area contributed by atoms with Gasteiger partial charge >= 0.3 is 0 Å². The Morgan fingerprint density at radius 3 is 2.47 bits per heavy atom. The first-order chi connectivity index (χ1) is 9.15. The van der Waals surface area contributed by atoms with Gasteiger partial charge in [-0.1, -0.05) is 26.0 Å². The van der Waals surface area contributed by atoms with E-state index in [2.05, 4.69) is 35.5 Å². The number of benzene rings is 1. The molecule has 4 heteroatoms. The normalized spacial score (nSPS) is 11.2. The van der Waals surface area contributed by atoms with Crippen LogP contribution in [0.2, 0.25) is 0 Å². The van der Waals surface area contributed by atoms with Gasteiger partial charge in [0.25, 0.3) is 0 Å². The van der Waals surface area contributed by atoms with Gasteiger partial charge in [0.1, 0.15) is 0 Å². The summed E-state index contributed by atoms with van der Waals surface area (Å²) in [6.45, 7) is 8.73. The summed E-state index contributed by atoms with van der Waals surface area (Å²) in [5, 5.41) is 15.3. The first-order valence-corrected chi connectivity index (χ1v) is 6.67. The second-order valence-corrected chi connectivity index (χ2v) is 4.78. The molecule has 0 atom stereocenters. The van der Waals surface area contributed by atoms with Crippen molar-refractivity contribution in [2.45, 2.75) is 27.3 Å². The molecule has 0 aromatic heterocycles. The van der Waals surface area contributed by atoms with E-state index in [1.807, 2.05) is 31.2 Å². The number of nitrogens with one attached hydrogen (secondary N) is 2. The highest BCUT2D eigenvalue weighted by atomic mass is 15.2. The van der Waals surface area contributed by atoms with E-state index in [0.29, 0.717) is 18.0 Å². The van der Waals surface area contributed by atoms with Crippen molar-refractivity contribution in [2.24, 2.45) is 10.9 Å². The Labute approximate surface area is 115 Å². The van der Waals surface area contributed by atoms with Crippen molar-refractivity contribution in [3.05, 3.63) is 35.4 Å². The van der Waals surface area contributed by atoms with Gasteiger partial charge in [0.15, 0.2) is 5.96 Å². The average molecular weight is 258 g/mol. The quantitative estimate of drug-likeness (QED) is 0.629. The molecule has 0 heterocycles. The third-order valence-electron chi connectivity index (χ3n) is 2.52. The van der Waals surface area contributed by atoms with E-state index in [9.17, 15) is 0 Å². The molecule has 1 rings (SSSR count). The Hall–Kier alpha value is -2.02. The summed E-state index contributed by atoms with van der Waals surface area (Å²) < 4.78 is 0. The minimum absolute atomic E-state index is 0.582. The Kier molecular flexibility index (Phi) is 6.45. The van der Waals surface area contributed by atoms with Crippen LogP contribution in [0.25, 0.3) is 0 Å². The Bertz CT molecular complexity index is 440. The third-order valence-corrected chi connectivity index (χ3v) is 2.52. The van der Waals surface area contributed by atoms with Crippen molar-refractivity contribution >= 4 is 5.96 Å². The fraction of sp³-hybridized carbons (Fsp3) is 0.467. The van der Waals surface area contributed by atoms with Gasteiger partial charge in [0.05, 0.1) is 18.2 Å². The number of hydrogen-bond acceptors (Lipinski definition) is 2. The first-order valence-electron chi connectivity index (χ1n) is 6.67. The predicted molar refractivity (Wildman–Crippen MR) is 78.8 cm³/mol. The molecular formula is C15H22N4. The molecule has 4 nitrogen and oxygen atoms in total. The van der Waals surface area contributed by atoms with Gasteiger partial charge in [-0.15, -0.1) is 0 Å². The number of rotatable bonds is 5. The summed E-state index contributed by atoms with van der Waals surface area (Å²) in [5.41, 5.74) is 1.78. The molecule has 0 bridgehead atoms. The molecule has 0 saturated carbocycles. The van der Waals surface area contributed by atoms with Crippen LogP contribution in [-0.2, 0) is 6.54 Å². The number of guanidine groups is 1. The van der Waals surface area contributed by atoms with Crippen LogP contribution < -0.4 is 10.6 Å². The van der Waals surface area contributed by atoms with Crippen molar-refractivity contribution in [1.29, 1.82) is 5.26 Å². The minimum atomic E-state index is 0.582. The van der Waals surface area contributed by atoms with Crippen molar-refractivity contribution in [2.75, 3.05) is 13.1 Å². The lowest BCUT2D eigenvalue weighted by Gasteiger charge is -2.12. The van der Waals surface area contributed by atoms with E-state index in [-0.39, 0.29) is 0 Å². The molecule has 0 fully saturated rings. The topological polar surface area (TPSA) is 60.2 Å².